The maximum atomic E-state index is 13.5. The zero-order valence-corrected chi connectivity index (χ0v) is 11.2. The fourth-order valence-electron chi connectivity index (χ4n) is 2.52. The molecule has 0 aliphatic carbocycles. The Morgan fingerprint density at radius 3 is 2.68 bits per heavy atom. The molecular weight excluding hydrogens is 245 g/mol. The van der Waals surface area contributed by atoms with Crippen molar-refractivity contribution < 1.29 is 13.9 Å². The molecule has 1 aliphatic heterocycles. The van der Waals surface area contributed by atoms with Crippen LogP contribution in [0.15, 0.2) is 24.3 Å². The van der Waals surface area contributed by atoms with E-state index in [2.05, 4.69) is 5.32 Å². The van der Waals surface area contributed by atoms with Gasteiger partial charge in [0.15, 0.2) is 0 Å². The van der Waals surface area contributed by atoms with Crippen LogP contribution in [-0.2, 0) is 16.1 Å². The zero-order valence-electron chi connectivity index (χ0n) is 11.2. The second-order valence-electron chi connectivity index (χ2n) is 5.05. The van der Waals surface area contributed by atoms with Gasteiger partial charge in [0.2, 0.25) is 0 Å². The van der Waals surface area contributed by atoms with E-state index in [9.17, 15) is 9.18 Å². The highest BCUT2D eigenvalue weighted by molar-refractivity contribution is 5.77. The van der Waals surface area contributed by atoms with Crippen molar-refractivity contribution in [1.29, 1.82) is 0 Å². The van der Waals surface area contributed by atoms with Crippen molar-refractivity contribution in [3.8, 4) is 0 Å². The molecule has 1 N–H and O–H groups in total. The van der Waals surface area contributed by atoms with Gasteiger partial charge in [-0.15, -0.1) is 0 Å². The van der Waals surface area contributed by atoms with Crippen molar-refractivity contribution in [2.24, 2.45) is 5.41 Å². The fourth-order valence-corrected chi connectivity index (χ4v) is 2.52. The lowest BCUT2D eigenvalue weighted by Crippen LogP contribution is -2.42. The Balaban J connectivity index is 1.98. The Morgan fingerprint density at radius 1 is 1.37 bits per heavy atom. The van der Waals surface area contributed by atoms with Crippen molar-refractivity contribution in [2.45, 2.75) is 32.8 Å². The van der Waals surface area contributed by atoms with Crippen molar-refractivity contribution in [2.75, 3.05) is 13.1 Å². The molecule has 0 atom stereocenters. The lowest BCUT2D eigenvalue weighted by molar-refractivity contribution is -0.159. The summed E-state index contributed by atoms with van der Waals surface area (Å²) in [4.78, 5) is 12.3. The van der Waals surface area contributed by atoms with Gasteiger partial charge in [-0.3, -0.25) is 4.79 Å². The molecule has 0 unspecified atom stereocenters. The average molecular weight is 265 g/mol. The summed E-state index contributed by atoms with van der Waals surface area (Å²) in [6.45, 7) is 3.70. The van der Waals surface area contributed by atoms with Gasteiger partial charge in [0, 0.05) is 5.56 Å². The third-order valence-corrected chi connectivity index (χ3v) is 3.99. The predicted molar refractivity (Wildman–Crippen MR) is 71.0 cm³/mol. The van der Waals surface area contributed by atoms with E-state index >= 15 is 0 Å². The largest absolute Gasteiger partial charge is 0.460 e. The van der Waals surface area contributed by atoms with E-state index in [1.165, 1.54) is 6.07 Å². The third-order valence-electron chi connectivity index (χ3n) is 3.99. The summed E-state index contributed by atoms with van der Waals surface area (Å²) in [5, 5.41) is 3.24. The number of ether oxygens (including phenoxy) is 1. The first-order valence-electron chi connectivity index (χ1n) is 6.79. The van der Waals surface area contributed by atoms with Crippen LogP contribution in [0.25, 0.3) is 0 Å². The average Bonchev–Trinajstić information content (AvgIpc) is 2.46. The minimum Gasteiger partial charge on any atom is -0.460 e. The molecule has 3 nitrogen and oxygen atoms in total. The van der Waals surface area contributed by atoms with Crippen molar-refractivity contribution >= 4 is 5.97 Å². The van der Waals surface area contributed by atoms with Gasteiger partial charge >= 0.3 is 5.97 Å². The Labute approximate surface area is 113 Å². The Bertz CT molecular complexity index is 442. The van der Waals surface area contributed by atoms with Crippen LogP contribution in [0.1, 0.15) is 31.7 Å². The second-order valence-corrected chi connectivity index (χ2v) is 5.05. The SMILES string of the molecule is CCC1(C(=O)OCc2ccccc2F)CCNCC1. The number of halogens is 1. The van der Waals surface area contributed by atoms with E-state index in [-0.39, 0.29) is 18.4 Å². The molecule has 1 aromatic rings. The molecule has 2 rings (SSSR count). The van der Waals surface area contributed by atoms with E-state index < -0.39 is 5.41 Å². The summed E-state index contributed by atoms with van der Waals surface area (Å²) in [6, 6.07) is 6.39. The molecule has 0 radical (unpaired) electrons. The maximum absolute atomic E-state index is 13.5. The molecule has 1 aliphatic rings. The highest BCUT2D eigenvalue weighted by Gasteiger charge is 2.39. The molecule has 1 saturated heterocycles. The minimum absolute atomic E-state index is 0.0146. The summed E-state index contributed by atoms with van der Waals surface area (Å²) < 4.78 is 18.8. The Kier molecular flexibility index (Phi) is 4.53. The number of esters is 1. The standard InChI is InChI=1S/C15H20FNO2/c1-2-15(7-9-17-10-8-15)14(18)19-11-12-5-3-4-6-13(12)16/h3-6,17H,2,7-11H2,1H3. The van der Waals surface area contributed by atoms with Gasteiger partial charge < -0.3 is 10.1 Å². The number of nitrogens with one attached hydrogen (secondary N) is 1. The van der Waals surface area contributed by atoms with Crippen LogP contribution >= 0.6 is 0 Å². The molecule has 19 heavy (non-hydrogen) atoms. The predicted octanol–water partition coefficient (Wildman–Crippen LogP) is 2.65. The fraction of sp³-hybridized carbons (Fsp3) is 0.533. The first-order valence-corrected chi connectivity index (χ1v) is 6.79. The van der Waals surface area contributed by atoms with Crippen LogP contribution in [0.2, 0.25) is 0 Å². The Morgan fingerprint density at radius 2 is 2.05 bits per heavy atom. The second kappa shape index (κ2) is 6.15. The van der Waals surface area contributed by atoms with Crippen molar-refractivity contribution in [1.82, 2.24) is 5.32 Å². The molecule has 0 amide bonds. The molecule has 0 saturated carbocycles. The van der Waals surface area contributed by atoms with Gasteiger partial charge in [-0.25, -0.2) is 4.39 Å². The highest BCUT2D eigenvalue weighted by Crippen LogP contribution is 2.34. The van der Waals surface area contributed by atoms with Crippen LogP contribution in [0, 0.1) is 11.2 Å². The number of piperidine rings is 1. The van der Waals surface area contributed by atoms with Gasteiger partial charge in [0.1, 0.15) is 12.4 Å². The van der Waals surface area contributed by atoms with Gasteiger partial charge in [0.25, 0.3) is 0 Å². The lowest BCUT2D eigenvalue weighted by Gasteiger charge is -2.34. The zero-order chi connectivity index (χ0) is 13.7. The first-order chi connectivity index (χ1) is 9.18. The monoisotopic (exact) mass is 265 g/mol. The smallest absolute Gasteiger partial charge is 0.312 e. The van der Waals surface area contributed by atoms with E-state index in [0.717, 1.165) is 32.4 Å². The van der Waals surface area contributed by atoms with E-state index in [1.807, 2.05) is 6.92 Å². The van der Waals surface area contributed by atoms with E-state index in [0.29, 0.717) is 5.56 Å². The summed E-state index contributed by atoms with van der Waals surface area (Å²) in [6.07, 6.45) is 2.35. The van der Waals surface area contributed by atoms with Crippen LogP contribution in [0.5, 0.6) is 0 Å². The number of carbonyl (C=O) groups excluding carboxylic acids is 1. The molecule has 0 aromatic heterocycles. The van der Waals surface area contributed by atoms with E-state index in [1.54, 1.807) is 18.2 Å². The number of hydrogen-bond donors (Lipinski definition) is 1. The number of hydrogen-bond acceptors (Lipinski definition) is 3. The van der Waals surface area contributed by atoms with Gasteiger partial charge in [0.05, 0.1) is 5.41 Å². The van der Waals surface area contributed by atoms with Crippen molar-refractivity contribution in [3.05, 3.63) is 35.6 Å². The van der Waals surface area contributed by atoms with Crippen molar-refractivity contribution in [3.63, 3.8) is 0 Å². The van der Waals surface area contributed by atoms with Gasteiger partial charge in [-0.2, -0.15) is 0 Å². The van der Waals surface area contributed by atoms with Crippen LogP contribution < -0.4 is 5.32 Å². The molecule has 0 spiro atoms. The highest BCUT2D eigenvalue weighted by atomic mass is 19.1. The van der Waals surface area contributed by atoms with Gasteiger partial charge in [-0.05, 0) is 38.4 Å². The molecule has 1 aromatic carbocycles. The van der Waals surface area contributed by atoms with E-state index in [4.69, 9.17) is 4.74 Å². The summed E-state index contributed by atoms with van der Waals surface area (Å²) in [5.41, 5.74) is 0.0345. The number of rotatable bonds is 4. The summed E-state index contributed by atoms with van der Waals surface area (Å²) in [5.74, 6) is -0.522. The topological polar surface area (TPSA) is 38.3 Å². The quantitative estimate of drug-likeness (QED) is 0.851. The normalized spacial score (nSPS) is 18.0. The molecule has 104 valence electrons. The molecule has 1 heterocycles. The van der Waals surface area contributed by atoms with Crippen LogP contribution in [0.3, 0.4) is 0 Å². The Hall–Kier alpha value is -1.42. The first kappa shape index (κ1) is 14.0. The molecule has 0 bridgehead atoms. The molecule has 4 heteroatoms. The lowest BCUT2D eigenvalue weighted by atomic mass is 9.77. The number of carbonyl (C=O) groups is 1. The summed E-state index contributed by atoms with van der Waals surface area (Å²) in [7, 11) is 0. The van der Waals surface area contributed by atoms with Crippen LogP contribution in [-0.4, -0.2) is 19.1 Å². The maximum Gasteiger partial charge on any atom is 0.312 e. The third kappa shape index (κ3) is 3.13. The molecule has 1 fully saturated rings. The number of benzene rings is 1. The minimum atomic E-state index is -0.392. The van der Waals surface area contributed by atoms with Gasteiger partial charge in [-0.1, -0.05) is 25.1 Å². The van der Waals surface area contributed by atoms with Crippen LogP contribution in [0.4, 0.5) is 4.39 Å². The molecular formula is C15H20FNO2. The summed E-state index contributed by atoms with van der Waals surface area (Å²) >= 11 is 0.